The lowest BCUT2D eigenvalue weighted by Gasteiger charge is -2.39. The maximum absolute atomic E-state index is 14.4. The van der Waals surface area contributed by atoms with Crippen molar-refractivity contribution in [3.05, 3.63) is 57.2 Å². The molecule has 0 radical (unpaired) electrons. The van der Waals surface area contributed by atoms with Crippen molar-refractivity contribution in [3.63, 3.8) is 0 Å². The van der Waals surface area contributed by atoms with E-state index in [9.17, 15) is 36.7 Å². The highest BCUT2D eigenvalue weighted by atomic mass is 79.9. The zero-order valence-electron chi connectivity index (χ0n) is 18.4. The highest BCUT2D eigenvalue weighted by Gasteiger charge is 2.39. The van der Waals surface area contributed by atoms with E-state index in [0.717, 1.165) is 32.2 Å². The first-order valence-electron chi connectivity index (χ1n) is 10.4. The molecule has 2 amide bonds. The Morgan fingerprint density at radius 3 is 2.50 bits per heavy atom. The normalized spacial score (nSPS) is 15.5. The topological polar surface area (TPSA) is 103 Å². The highest BCUT2D eigenvalue weighted by Crippen LogP contribution is 2.30. The fourth-order valence-electron chi connectivity index (χ4n) is 3.90. The molecule has 1 aliphatic rings. The van der Waals surface area contributed by atoms with Crippen molar-refractivity contribution in [3.8, 4) is 5.75 Å². The van der Waals surface area contributed by atoms with Gasteiger partial charge in [-0.05, 0) is 36.8 Å². The first-order valence-corrected chi connectivity index (χ1v) is 11.2. The molecule has 0 spiro atoms. The second kappa shape index (κ2) is 9.41. The van der Waals surface area contributed by atoms with Crippen molar-refractivity contribution in [2.75, 3.05) is 11.9 Å². The molecule has 1 aliphatic heterocycles. The van der Waals surface area contributed by atoms with Gasteiger partial charge in [0.2, 0.25) is 17.7 Å². The van der Waals surface area contributed by atoms with Gasteiger partial charge in [0.05, 0.1) is 16.7 Å². The Bertz CT molecular complexity index is 1450. The number of carbonyl (C=O) groups is 3. The van der Waals surface area contributed by atoms with Gasteiger partial charge in [0.15, 0.2) is 11.6 Å². The second-order valence-corrected chi connectivity index (χ2v) is 8.82. The van der Waals surface area contributed by atoms with E-state index in [-0.39, 0.29) is 13.0 Å². The van der Waals surface area contributed by atoms with Crippen LogP contribution in [0.1, 0.15) is 18.1 Å². The smallest absolute Gasteiger partial charge is 0.403 e. The summed E-state index contributed by atoms with van der Waals surface area (Å²) in [4.78, 5) is 51.6. The SMILES string of the molecule is CC(=O)n1c(=O)n(CC(=O)N2CCC2C(=O)Nc2cccc(OC(F)(F)F)c2F)c2ccc(Br)cc21. The summed E-state index contributed by atoms with van der Waals surface area (Å²) >= 11 is 3.27. The summed E-state index contributed by atoms with van der Waals surface area (Å²) in [5, 5.41) is 2.18. The van der Waals surface area contributed by atoms with Crippen LogP contribution in [0.4, 0.5) is 23.2 Å². The largest absolute Gasteiger partial charge is 0.573 e. The summed E-state index contributed by atoms with van der Waals surface area (Å²) < 4.78 is 58.0. The predicted octanol–water partition coefficient (Wildman–Crippen LogP) is 3.50. The van der Waals surface area contributed by atoms with Crippen molar-refractivity contribution < 1.29 is 36.7 Å². The van der Waals surface area contributed by atoms with Gasteiger partial charge in [0.25, 0.3) is 0 Å². The Morgan fingerprint density at radius 2 is 1.89 bits per heavy atom. The van der Waals surface area contributed by atoms with E-state index >= 15 is 0 Å². The van der Waals surface area contributed by atoms with Crippen LogP contribution in [0.2, 0.25) is 0 Å². The van der Waals surface area contributed by atoms with E-state index in [1.54, 1.807) is 18.2 Å². The number of amides is 2. The van der Waals surface area contributed by atoms with Crippen molar-refractivity contribution in [1.29, 1.82) is 0 Å². The molecule has 2 aromatic carbocycles. The molecule has 0 aliphatic carbocycles. The van der Waals surface area contributed by atoms with Crippen molar-refractivity contribution in [2.24, 2.45) is 0 Å². The number of fused-ring (bicyclic) bond motifs is 1. The lowest BCUT2D eigenvalue weighted by molar-refractivity contribution is -0.275. The van der Waals surface area contributed by atoms with E-state index in [0.29, 0.717) is 15.5 Å². The molecule has 1 aromatic heterocycles. The first kappa shape index (κ1) is 25.4. The van der Waals surface area contributed by atoms with Crippen LogP contribution in [0.15, 0.2) is 45.7 Å². The maximum Gasteiger partial charge on any atom is 0.573 e. The number of benzene rings is 2. The third-order valence-electron chi connectivity index (χ3n) is 5.59. The Morgan fingerprint density at radius 1 is 1.17 bits per heavy atom. The Balaban J connectivity index is 1.52. The summed E-state index contributed by atoms with van der Waals surface area (Å²) in [5.41, 5.74) is -0.651. The van der Waals surface area contributed by atoms with Crippen LogP contribution in [0, 0.1) is 5.82 Å². The standard InChI is InChI=1S/C22H17BrF4N4O5/c1-11(32)31-16-9-12(23)5-6-14(16)30(21(31)35)10-18(33)29-8-7-15(29)20(34)28-13-3-2-4-17(19(13)24)36-22(25,26)27/h2-6,9,15H,7-8,10H2,1H3,(H,28,34). The number of hydrogen-bond acceptors (Lipinski definition) is 5. The Labute approximate surface area is 208 Å². The Kier molecular flexibility index (Phi) is 6.64. The second-order valence-electron chi connectivity index (χ2n) is 7.90. The van der Waals surface area contributed by atoms with Crippen LogP contribution >= 0.6 is 15.9 Å². The lowest BCUT2D eigenvalue weighted by Crippen LogP contribution is -2.57. The molecule has 2 heterocycles. The van der Waals surface area contributed by atoms with Crippen LogP contribution in [0.5, 0.6) is 5.75 Å². The lowest BCUT2D eigenvalue weighted by atomic mass is 10.0. The van der Waals surface area contributed by atoms with Crippen LogP contribution in [-0.4, -0.2) is 50.7 Å². The van der Waals surface area contributed by atoms with Gasteiger partial charge < -0.3 is 15.0 Å². The fraction of sp³-hybridized carbons (Fsp3) is 0.273. The first-order chi connectivity index (χ1) is 16.9. The number of alkyl halides is 3. The number of halogens is 5. The number of carbonyl (C=O) groups excluding carboxylic acids is 3. The highest BCUT2D eigenvalue weighted by molar-refractivity contribution is 9.10. The molecule has 1 N–H and O–H groups in total. The molecule has 14 heteroatoms. The van der Waals surface area contributed by atoms with Crippen molar-refractivity contribution >= 4 is 50.4 Å². The molecule has 9 nitrogen and oxygen atoms in total. The van der Waals surface area contributed by atoms with Gasteiger partial charge in [-0.3, -0.25) is 19.0 Å². The molecule has 36 heavy (non-hydrogen) atoms. The van der Waals surface area contributed by atoms with Crippen molar-refractivity contribution in [1.82, 2.24) is 14.0 Å². The van der Waals surface area contributed by atoms with Gasteiger partial charge in [0.1, 0.15) is 12.6 Å². The van der Waals surface area contributed by atoms with Gasteiger partial charge in [-0.2, -0.15) is 0 Å². The summed E-state index contributed by atoms with van der Waals surface area (Å²) in [5.74, 6) is -4.51. The minimum atomic E-state index is -5.12. The van der Waals surface area contributed by atoms with Crippen LogP contribution in [0.25, 0.3) is 11.0 Å². The molecule has 190 valence electrons. The molecule has 3 aromatic rings. The summed E-state index contributed by atoms with van der Waals surface area (Å²) in [7, 11) is 0. The van der Waals surface area contributed by atoms with Gasteiger partial charge in [-0.1, -0.05) is 22.0 Å². The molecular formula is C22H17BrF4N4O5. The number of hydrogen-bond donors (Lipinski definition) is 1. The number of rotatable bonds is 5. The van der Waals surface area contributed by atoms with E-state index in [1.807, 2.05) is 0 Å². The van der Waals surface area contributed by atoms with Gasteiger partial charge in [-0.25, -0.2) is 13.8 Å². The van der Waals surface area contributed by atoms with Gasteiger partial charge in [-0.15, -0.1) is 13.2 Å². The predicted molar refractivity (Wildman–Crippen MR) is 122 cm³/mol. The minimum absolute atomic E-state index is 0.169. The number of nitrogens with one attached hydrogen (secondary N) is 1. The molecule has 4 rings (SSSR count). The molecule has 0 bridgehead atoms. The molecule has 1 unspecified atom stereocenters. The summed E-state index contributed by atoms with van der Waals surface area (Å²) in [6.45, 7) is 0.907. The Hall–Kier alpha value is -3.68. The number of anilines is 1. The summed E-state index contributed by atoms with van der Waals surface area (Å²) in [6, 6.07) is 6.60. The molecular weight excluding hydrogens is 556 g/mol. The third-order valence-corrected chi connectivity index (χ3v) is 6.08. The molecule has 1 saturated heterocycles. The molecule has 1 fully saturated rings. The average molecular weight is 573 g/mol. The summed E-state index contributed by atoms with van der Waals surface area (Å²) in [6.07, 6.45) is -4.91. The number of nitrogens with zero attached hydrogens (tertiary/aromatic N) is 3. The zero-order valence-corrected chi connectivity index (χ0v) is 20.0. The van der Waals surface area contributed by atoms with Crippen molar-refractivity contribution in [2.45, 2.75) is 32.3 Å². The van der Waals surface area contributed by atoms with Crippen LogP contribution in [0.3, 0.4) is 0 Å². The van der Waals surface area contributed by atoms with E-state index in [1.165, 1.54) is 6.92 Å². The molecule has 1 atom stereocenters. The van der Waals surface area contributed by atoms with Gasteiger partial charge in [0, 0.05) is 17.9 Å². The third kappa shape index (κ3) is 4.85. The van der Waals surface area contributed by atoms with E-state index < -0.39 is 59.6 Å². The van der Waals surface area contributed by atoms with Crippen LogP contribution in [-0.2, 0) is 16.1 Å². The van der Waals surface area contributed by atoms with E-state index in [2.05, 4.69) is 26.0 Å². The quantitative estimate of drug-likeness (QED) is 0.471. The number of imidazole rings is 1. The number of ether oxygens (including phenoxy) is 1. The minimum Gasteiger partial charge on any atom is -0.403 e. The fourth-order valence-corrected chi connectivity index (χ4v) is 4.25. The zero-order chi connectivity index (χ0) is 26.4. The van der Waals surface area contributed by atoms with E-state index in [4.69, 9.17) is 0 Å². The number of aromatic nitrogens is 2. The monoisotopic (exact) mass is 572 g/mol. The molecule has 0 saturated carbocycles. The maximum atomic E-state index is 14.4. The number of likely N-dealkylation sites (tertiary alicyclic amines) is 1. The van der Waals surface area contributed by atoms with Gasteiger partial charge >= 0.3 is 12.1 Å². The average Bonchev–Trinajstić information content (AvgIpc) is 2.99. The van der Waals surface area contributed by atoms with Crippen LogP contribution < -0.4 is 15.7 Å².